The maximum atomic E-state index is 5.70. The first-order chi connectivity index (χ1) is 8.88. The lowest BCUT2D eigenvalue weighted by Gasteiger charge is -2.24. The van der Waals surface area contributed by atoms with Gasteiger partial charge in [-0.1, -0.05) is 26.2 Å². The van der Waals surface area contributed by atoms with E-state index in [0.717, 1.165) is 36.9 Å². The van der Waals surface area contributed by atoms with E-state index >= 15 is 0 Å². The van der Waals surface area contributed by atoms with Gasteiger partial charge in [0.2, 0.25) is 0 Å². The van der Waals surface area contributed by atoms with Crippen LogP contribution in [0.2, 0.25) is 0 Å². The Hall–Kier alpha value is -1.09. The summed E-state index contributed by atoms with van der Waals surface area (Å²) >= 11 is 0. The van der Waals surface area contributed by atoms with Crippen LogP contribution in [0.25, 0.3) is 0 Å². The van der Waals surface area contributed by atoms with Crippen LogP contribution in [0, 0.1) is 5.92 Å². The molecular formula is C15H24N2O. The summed E-state index contributed by atoms with van der Waals surface area (Å²) < 4.78 is 5.70. The number of hydrogen-bond donors (Lipinski definition) is 1. The minimum absolute atomic E-state index is 0.633. The lowest BCUT2D eigenvalue weighted by molar-refractivity contribution is 0.0930. The summed E-state index contributed by atoms with van der Waals surface area (Å²) in [5.41, 5.74) is 2.16. The molecule has 3 nitrogen and oxygen atoms in total. The maximum Gasteiger partial charge on any atom is 0.0888 e. The van der Waals surface area contributed by atoms with E-state index in [1.54, 1.807) is 0 Å². The fraction of sp³-hybridized carbons (Fsp3) is 0.667. The van der Waals surface area contributed by atoms with E-state index in [-0.39, 0.29) is 0 Å². The molecule has 0 radical (unpaired) electrons. The van der Waals surface area contributed by atoms with Gasteiger partial charge in [-0.25, -0.2) is 0 Å². The van der Waals surface area contributed by atoms with Gasteiger partial charge in [0.05, 0.1) is 12.3 Å². The summed E-state index contributed by atoms with van der Waals surface area (Å²) in [5.74, 6) is 0.926. The number of hydrogen-bond acceptors (Lipinski definition) is 3. The molecule has 3 heteroatoms. The summed E-state index contributed by atoms with van der Waals surface area (Å²) in [6, 6.07) is 4.09. The number of nitrogens with zero attached hydrogens (tertiary/aromatic N) is 1. The number of rotatable bonds is 8. The molecule has 0 saturated heterocycles. The molecule has 0 bridgehead atoms. The van der Waals surface area contributed by atoms with Gasteiger partial charge in [-0.2, -0.15) is 0 Å². The van der Waals surface area contributed by atoms with Crippen LogP contribution in [0.4, 0.5) is 5.69 Å². The van der Waals surface area contributed by atoms with Crippen LogP contribution in [-0.2, 0) is 11.3 Å². The quantitative estimate of drug-likeness (QED) is 0.714. The van der Waals surface area contributed by atoms with Crippen LogP contribution >= 0.6 is 0 Å². The van der Waals surface area contributed by atoms with Crippen molar-refractivity contribution in [1.29, 1.82) is 0 Å². The van der Waals surface area contributed by atoms with Crippen LogP contribution in [0.15, 0.2) is 18.3 Å². The van der Waals surface area contributed by atoms with Gasteiger partial charge in [0, 0.05) is 25.0 Å². The molecular weight excluding hydrogens is 224 g/mol. The molecule has 0 atom stereocenters. The first-order valence-corrected chi connectivity index (χ1v) is 7.15. The molecule has 0 aromatic carbocycles. The van der Waals surface area contributed by atoms with Crippen molar-refractivity contribution in [2.75, 3.05) is 18.5 Å². The molecule has 2 rings (SSSR count). The summed E-state index contributed by atoms with van der Waals surface area (Å²) in [6.07, 6.45) is 8.42. The van der Waals surface area contributed by atoms with Crippen LogP contribution in [0.3, 0.4) is 0 Å². The van der Waals surface area contributed by atoms with Crippen LogP contribution in [0.1, 0.15) is 44.7 Å². The Bertz CT molecular complexity index is 350. The monoisotopic (exact) mass is 248 g/mol. The van der Waals surface area contributed by atoms with Crippen molar-refractivity contribution in [3.05, 3.63) is 24.0 Å². The second-order valence-corrected chi connectivity index (χ2v) is 5.10. The van der Waals surface area contributed by atoms with Crippen molar-refractivity contribution in [3.63, 3.8) is 0 Å². The Kier molecular flexibility index (Phi) is 5.46. The fourth-order valence-electron chi connectivity index (χ4n) is 2.14. The van der Waals surface area contributed by atoms with Gasteiger partial charge < -0.3 is 10.1 Å². The zero-order valence-electron chi connectivity index (χ0n) is 11.3. The molecule has 100 valence electrons. The highest BCUT2D eigenvalue weighted by molar-refractivity contribution is 5.42. The van der Waals surface area contributed by atoms with Gasteiger partial charge in [0.1, 0.15) is 0 Å². The Morgan fingerprint density at radius 1 is 1.44 bits per heavy atom. The van der Waals surface area contributed by atoms with Crippen molar-refractivity contribution in [1.82, 2.24) is 4.98 Å². The van der Waals surface area contributed by atoms with E-state index in [2.05, 4.69) is 23.3 Å². The van der Waals surface area contributed by atoms with E-state index in [4.69, 9.17) is 4.74 Å². The summed E-state index contributed by atoms with van der Waals surface area (Å²) in [7, 11) is 0. The van der Waals surface area contributed by atoms with Crippen LogP contribution < -0.4 is 5.32 Å². The van der Waals surface area contributed by atoms with Gasteiger partial charge in [0.25, 0.3) is 0 Å². The van der Waals surface area contributed by atoms with Crippen molar-refractivity contribution in [3.8, 4) is 0 Å². The van der Waals surface area contributed by atoms with Gasteiger partial charge in [0.15, 0.2) is 0 Å². The smallest absolute Gasteiger partial charge is 0.0888 e. The number of aromatic nitrogens is 1. The van der Waals surface area contributed by atoms with Crippen molar-refractivity contribution < 1.29 is 4.74 Å². The summed E-state index contributed by atoms with van der Waals surface area (Å²) in [6.45, 7) is 4.68. The van der Waals surface area contributed by atoms with Gasteiger partial charge in [-0.15, -0.1) is 0 Å². The second-order valence-electron chi connectivity index (χ2n) is 5.10. The highest BCUT2D eigenvalue weighted by Gasteiger charge is 2.16. The van der Waals surface area contributed by atoms with E-state index in [1.165, 1.54) is 25.7 Å². The molecule has 1 aromatic rings. The molecule has 1 saturated carbocycles. The predicted octanol–water partition coefficient (Wildman–Crippen LogP) is 3.61. The number of ether oxygens (including phenoxy) is 1. The third-order valence-electron chi connectivity index (χ3n) is 3.54. The van der Waals surface area contributed by atoms with Crippen LogP contribution in [-0.4, -0.2) is 18.1 Å². The molecule has 1 aliphatic rings. The predicted molar refractivity (Wildman–Crippen MR) is 74.6 cm³/mol. The fourth-order valence-corrected chi connectivity index (χ4v) is 2.14. The summed E-state index contributed by atoms with van der Waals surface area (Å²) in [5, 5.41) is 3.37. The van der Waals surface area contributed by atoms with E-state index in [1.807, 2.05) is 12.3 Å². The Morgan fingerprint density at radius 2 is 2.33 bits per heavy atom. The SMILES string of the molecule is CCCNc1ccnc(COCCC2CCC2)c1. The van der Waals surface area contributed by atoms with Gasteiger partial charge in [-0.05, 0) is 30.9 Å². The number of anilines is 1. The Balaban J connectivity index is 1.67. The standard InChI is InChI=1S/C15H24N2O/c1-2-8-16-14-6-9-17-15(11-14)12-18-10-7-13-4-3-5-13/h6,9,11,13H,2-5,7-8,10,12H2,1H3,(H,16,17). The Morgan fingerprint density at radius 3 is 3.06 bits per heavy atom. The third-order valence-corrected chi connectivity index (χ3v) is 3.54. The van der Waals surface area contributed by atoms with Crippen molar-refractivity contribution >= 4 is 5.69 Å². The average Bonchev–Trinajstić information content (AvgIpc) is 2.34. The topological polar surface area (TPSA) is 34.2 Å². The molecule has 1 N–H and O–H groups in total. The Labute approximate surface area is 110 Å². The highest BCUT2D eigenvalue weighted by atomic mass is 16.5. The molecule has 0 spiro atoms. The number of pyridine rings is 1. The first kappa shape index (κ1) is 13.3. The molecule has 0 unspecified atom stereocenters. The molecule has 0 aliphatic heterocycles. The summed E-state index contributed by atoms with van der Waals surface area (Å²) in [4.78, 5) is 4.33. The molecule has 0 amide bonds. The largest absolute Gasteiger partial charge is 0.385 e. The first-order valence-electron chi connectivity index (χ1n) is 7.15. The average molecular weight is 248 g/mol. The maximum absolute atomic E-state index is 5.70. The molecule has 1 heterocycles. The normalized spacial score (nSPS) is 15.4. The zero-order chi connectivity index (χ0) is 12.6. The van der Waals surface area contributed by atoms with Crippen molar-refractivity contribution in [2.45, 2.75) is 45.6 Å². The second kappa shape index (κ2) is 7.37. The minimum atomic E-state index is 0.633. The van der Waals surface area contributed by atoms with Gasteiger partial charge in [-0.3, -0.25) is 4.98 Å². The van der Waals surface area contributed by atoms with Crippen LogP contribution in [0.5, 0.6) is 0 Å². The lowest BCUT2D eigenvalue weighted by atomic mass is 9.83. The van der Waals surface area contributed by atoms with Crippen molar-refractivity contribution in [2.24, 2.45) is 5.92 Å². The van der Waals surface area contributed by atoms with E-state index in [0.29, 0.717) is 6.61 Å². The zero-order valence-corrected chi connectivity index (χ0v) is 11.3. The van der Waals surface area contributed by atoms with E-state index < -0.39 is 0 Å². The minimum Gasteiger partial charge on any atom is -0.385 e. The molecule has 1 aromatic heterocycles. The molecule has 18 heavy (non-hydrogen) atoms. The molecule has 1 fully saturated rings. The number of nitrogens with one attached hydrogen (secondary N) is 1. The van der Waals surface area contributed by atoms with E-state index in [9.17, 15) is 0 Å². The molecule has 1 aliphatic carbocycles. The lowest BCUT2D eigenvalue weighted by Crippen LogP contribution is -2.13. The third kappa shape index (κ3) is 4.30. The van der Waals surface area contributed by atoms with Gasteiger partial charge >= 0.3 is 0 Å². The highest BCUT2D eigenvalue weighted by Crippen LogP contribution is 2.29.